The van der Waals surface area contributed by atoms with Crippen LogP contribution in [0.2, 0.25) is 0 Å². The van der Waals surface area contributed by atoms with E-state index in [1.807, 2.05) is 48.5 Å². The third-order valence-electron chi connectivity index (χ3n) is 5.35. The standard InChI is InChI=1S/C26H26N4O2/c1-26(2,3)19-12-9-17(10-13-19)16-27-30-25(31)22-15-21(28-29-22)24-20-8-6-5-7-18(20)11-14-23(24)32-4/h5-16H,1-4H3,(H,28,29)(H,30,31)/b27-16-. The summed E-state index contributed by atoms with van der Waals surface area (Å²) in [4.78, 5) is 12.6. The van der Waals surface area contributed by atoms with Crippen molar-refractivity contribution in [2.24, 2.45) is 5.10 Å². The molecule has 162 valence electrons. The number of methoxy groups -OCH3 is 1. The van der Waals surface area contributed by atoms with Gasteiger partial charge in [0.15, 0.2) is 0 Å². The Morgan fingerprint density at radius 3 is 2.53 bits per heavy atom. The van der Waals surface area contributed by atoms with Crippen LogP contribution in [0.5, 0.6) is 5.75 Å². The fraction of sp³-hybridized carbons (Fsp3) is 0.192. The lowest BCUT2D eigenvalue weighted by atomic mass is 9.87. The first-order valence-corrected chi connectivity index (χ1v) is 10.4. The van der Waals surface area contributed by atoms with Crippen LogP contribution in [-0.2, 0) is 5.41 Å². The van der Waals surface area contributed by atoms with E-state index < -0.39 is 0 Å². The zero-order chi connectivity index (χ0) is 22.7. The maximum Gasteiger partial charge on any atom is 0.289 e. The molecule has 0 saturated carbocycles. The van der Waals surface area contributed by atoms with Crippen molar-refractivity contribution in [3.63, 3.8) is 0 Å². The van der Waals surface area contributed by atoms with Crippen LogP contribution in [0.3, 0.4) is 0 Å². The zero-order valence-corrected chi connectivity index (χ0v) is 18.6. The van der Waals surface area contributed by atoms with Crippen molar-refractivity contribution in [1.29, 1.82) is 0 Å². The SMILES string of the molecule is COc1ccc2ccccc2c1-c1cc(C(=O)N/N=C\c2ccc(C(C)(C)C)cc2)[nH]n1. The lowest BCUT2D eigenvalue weighted by Crippen LogP contribution is -2.18. The number of ether oxygens (including phenoxy) is 1. The number of H-pyrrole nitrogens is 1. The molecule has 1 aromatic heterocycles. The summed E-state index contributed by atoms with van der Waals surface area (Å²) in [6.07, 6.45) is 1.62. The van der Waals surface area contributed by atoms with Gasteiger partial charge in [-0.2, -0.15) is 10.2 Å². The molecule has 4 rings (SSSR count). The van der Waals surface area contributed by atoms with Crippen molar-refractivity contribution in [2.75, 3.05) is 7.11 Å². The summed E-state index contributed by atoms with van der Waals surface area (Å²) in [5.74, 6) is 0.324. The van der Waals surface area contributed by atoms with Gasteiger partial charge < -0.3 is 4.74 Å². The number of benzene rings is 3. The van der Waals surface area contributed by atoms with Gasteiger partial charge in [-0.15, -0.1) is 0 Å². The van der Waals surface area contributed by atoms with Gasteiger partial charge in [-0.25, -0.2) is 5.43 Å². The van der Waals surface area contributed by atoms with Gasteiger partial charge in [0.05, 0.1) is 24.6 Å². The number of nitrogens with one attached hydrogen (secondary N) is 2. The summed E-state index contributed by atoms with van der Waals surface area (Å²) in [6.45, 7) is 6.51. The van der Waals surface area contributed by atoms with Gasteiger partial charge in [0.2, 0.25) is 0 Å². The summed E-state index contributed by atoms with van der Waals surface area (Å²) in [5, 5.41) is 13.3. The number of aromatic nitrogens is 2. The molecular formula is C26H26N4O2. The number of fused-ring (bicyclic) bond motifs is 1. The van der Waals surface area contributed by atoms with Crippen LogP contribution >= 0.6 is 0 Å². The number of carbonyl (C=O) groups is 1. The van der Waals surface area contributed by atoms with Crippen molar-refractivity contribution >= 4 is 22.9 Å². The number of hydrogen-bond acceptors (Lipinski definition) is 4. The Morgan fingerprint density at radius 2 is 1.81 bits per heavy atom. The topological polar surface area (TPSA) is 79.4 Å². The summed E-state index contributed by atoms with van der Waals surface area (Å²) in [5.41, 5.74) is 6.57. The molecule has 32 heavy (non-hydrogen) atoms. The third kappa shape index (κ3) is 4.39. The predicted octanol–water partition coefficient (Wildman–Crippen LogP) is 5.30. The Hall–Kier alpha value is -3.93. The van der Waals surface area contributed by atoms with Gasteiger partial charge in [-0.1, -0.05) is 75.4 Å². The summed E-state index contributed by atoms with van der Waals surface area (Å²) >= 11 is 0. The molecule has 6 nitrogen and oxygen atoms in total. The van der Waals surface area contributed by atoms with Crippen LogP contribution in [0.4, 0.5) is 0 Å². The highest BCUT2D eigenvalue weighted by Crippen LogP contribution is 2.36. The van der Waals surface area contributed by atoms with E-state index in [9.17, 15) is 4.79 Å². The molecule has 0 aliphatic carbocycles. The number of nitrogens with zero attached hydrogens (tertiary/aromatic N) is 2. The van der Waals surface area contributed by atoms with E-state index in [2.05, 4.69) is 53.6 Å². The van der Waals surface area contributed by atoms with E-state index in [0.717, 1.165) is 21.9 Å². The van der Waals surface area contributed by atoms with Crippen LogP contribution < -0.4 is 10.2 Å². The molecule has 0 atom stereocenters. The number of amides is 1. The highest BCUT2D eigenvalue weighted by molar-refractivity contribution is 6.00. The van der Waals surface area contributed by atoms with Crippen LogP contribution in [0.25, 0.3) is 22.0 Å². The molecule has 0 fully saturated rings. The van der Waals surface area contributed by atoms with Crippen molar-refractivity contribution in [2.45, 2.75) is 26.2 Å². The van der Waals surface area contributed by atoms with Crippen molar-refractivity contribution < 1.29 is 9.53 Å². The summed E-state index contributed by atoms with van der Waals surface area (Å²) in [7, 11) is 1.62. The van der Waals surface area contributed by atoms with Gasteiger partial charge in [0.1, 0.15) is 11.4 Å². The highest BCUT2D eigenvalue weighted by Gasteiger charge is 2.16. The molecule has 0 bridgehead atoms. The smallest absolute Gasteiger partial charge is 0.289 e. The molecule has 1 amide bonds. The molecule has 3 aromatic carbocycles. The first kappa shape index (κ1) is 21.3. The predicted molar refractivity (Wildman–Crippen MR) is 128 cm³/mol. The quantitative estimate of drug-likeness (QED) is 0.336. The highest BCUT2D eigenvalue weighted by atomic mass is 16.5. The average molecular weight is 427 g/mol. The lowest BCUT2D eigenvalue weighted by molar-refractivity contribution is 0.0950. The van der Waals surface area contributed by atoms with Crippen LogP contribution in [0.15, 0.2) is 71.8 Å². The molecule has 0 aliphatic rings. The Kier molecular flexibility index (Phi) is 5.77. The van der Waals surface area contributed by atoms with Gasteiger partial charge in [0.25, 0.3) is 5.91 Å². The number of carbonyl (C=O) groups excluding carboxylic acids is 1. The molecule has 0 spiro atoms. The molecule has 0 aliphatic heterocycles. The maximum atomic E-state index is 12.6. The van der Waals surface area contributed by atoms with Crippen molar-refractivity contribution in [1.82, 2.24) is 15.6 Å². The minimum Gasteiger partial charge on any atom is -0.496 e. The van der Waals surface area contributed by atoms with Gasteiger partial charge in [-0.3, -0.25) is 9.89 Å². The second kappa shape index (κ2) is 8.67. The average Bonchev–Trinajstić information content (AvgIpc) is 3.28. The van der Waals surface area contributed by atoms with E-state index >= 15 is 0 Å². The zero-order valence-electron chi connectivity index (χ0n) is 18.6. The van der Waals surface area contributed by atoms with Crippen molar-refractivity contribution in [3.05, 3.63) is 83.6 Å². The summed E-state index contributed by atoms with van der Waals surface area (Å²) in [6, 6.07) is 21.7. The number of aromatic amines is 1. The molecule has 0 radical (unpaired) electrons. The van der Waals surface area contributed by atoms with E-state index in [1.165, 1.54) is 5.56 Å². The number of hydrogen-bond donors (Lipinski definition) is 2. The maximum absolute atomic E-state index is 12.6. The number of rotatable bonds is 5. The Balaban J connectivity index is 1.51. The second-order valence-electron chi connectivity index (χ2n) is 8.60. The Bertz CT molecular complexity index is 1280. The third-order valence-corrected chi connectivity index (χ3v) is 5.35. The molecular weight excluding hydrogens is 400 g/mol. The fourth-order valence-corrected chi connectivity index (χ4v) is 3.55. The van der Waals surface area contributed by atoms with E-state index in [0.29, 0.717) is 17.1 Å². The van der Waals surface area contributed by atoms with Crippen LogP contribution in [0.1, 0.15) is 42.4 Å². The van der Waals surface area contributed by atoms with Crippen LogP contribution in [0, 0.1) is 0 Å². The molecule has 2 N–H and O–H groups in total. The molecule has 6 heteroatoms. The van der Waals surface area contributed by atoms with E-state index in [1.54, 1.807) is 19.4 Å². The van der Waals surface area contributed by atoms with E-state index in [-0.39, 0.29) is 11.3 Å². The van der Waals surface area contributed by atoms with E-state index in [4.69, 9.17) is 4.74 Å². The minimum absolute atomic E-state index is 0.0922. The minimum atomic E-state index is -0.370. The second-order valence-corrected chi connectivity index (χ2v) is 8.60. The van der Waals surface area contributed by atoms with Crippen molar-refractivity contribution in [3.8, 4) is 17.0 Å². The van der Waals surface area contributed by atoms with Gasteiger partial charge >= 0.3 is 0 Å². The molecule has 0 saturated heterocycles. The number of hydrazone groups is 1. The van der Waals surface area contributed by atoms with Gasteiger partial charge in [0, 0.05) is 0 Å². The monoisotopic (exact) mass is 426 g/mol. The first-order chi connectivity index (χ1) is 15.4. The first-order valence-electron chi connectivity index (χ1n) is 10.4. The Labute approximate surface area is 187 Å². The normalized spacial score (nSPS) is 11.8. The Morgan fingerprint density at radius 1 is 1.06 bits per heavy atom. The van der Waals surface area contributed by atoms with Crippen LogP contribution in [-0.4, -0.2) is 29.4 Å². The molecule has 1 heterocycles. The largest absolute Gasteiger partial charge is 0.496 e. The van der Waals surface area contributed by atoms with Gasteiger partial charge in [-0.05, 0) is 39.4 Å². The molecule has 0 unspecified atom stereocenters. The molecule has 4 aromatic rings. The lowest BCUT2D eigenvalue weighted by Gasteiger charge is -2.18. The summed E-state index contributed by atoms with van der Waals surface area (Å²) < 4.78 is 5.54. The fourth-order valence-electron chi connectivity index (χ4n) is 3.55.